The summed E-state index contributed by atoms with van der Waals surface area (Å²) >= 11 is 6.74. The van der Waals surface area contributed by atoms with Crippen molar-refractivity contribution in [2.24, 2.45) is 5.10 Å². The van der Waals surface area contributed by atoms with Crippen molar-refractivity contribution in [3.63, 3.8) is 0 Å². The lowest BCUT2D eigenvalue weighted by atomic mass is 10.1. The minimum Gasteiger partial charge on any atom is -0.258 e. The van der Waals surface area contributed by atoms with E-state index in [1.165, 1.54) is 22.5 Å². The summed E-state index contributed by atoms with van der Waals surface area (Å²) in [7, 11) is 0. The van der Waals surface area contributed by atoms with E-state index >= 15 is 0 Å². The van der Waals surface area contributed by atoms with Gasteiger partial charge >= 0.3 is 0 Å². The minimum atomic E-state index is -0.374. The standard InChI is InChI=1S/C18H17N5O2S2/c1-2-15-9-8-14(10-16(15)23(24)25)11-19-22-17(26)20-21-18(22)27-12-13-6-4-3-5-7-13/h3-11H,2,12H2,1H3,(H,20,26)/b19-11-. The first-order chi connectivity index (χ1) is 13.1. The number of H-pyrrole nitrogens is 1. The molecule has 0 aliphatic carbocycles. The first-order valence-electron chi connectivity index (χ1n) is 8.24. The number of nitro benzene ring substituents is 1. The Balaban J connectivity index is 1.81. The number of benzene rings is 2. The number of aromatic nitrogens is 3. The summed E-state index contributed by atoms with van der Waals surface area (Å²) in [6, 6.07) is 15.1. The number of hydrogen-bond donors (Lipinski definition) is 1. The fraction of sp³-hybridized carbons (Fsp3) is 0.167. The van der Waals surface area contributed by atoms with Gasteiger partial charge in [-0.05, 0) is 24.2 Å². The fourth-order valence-electron chi connectivity index (χ4n) is 2.45. The van der Waals surface area contributed by atoms with Crippen LogP contribution >= 0.6 is 24.0 Å². The van der Waals surface area contributed by atoms with E-state index in [1.54, 1.807) is 18.3 Å². The number of aromatic amines is 1. The maximum Gasteiger partial charge on any atom is 0.273 e. The zero-order valence-electron chi connectivity index (χ0n) is 14.5. The summed E-state index contributed by atoms with van der Waals surface area (Å²) in [5.74, 6) is 0.729. The van der Waals surface area contributed by atoms with Gasteiger partial charge in [-0.1, -0.05) is 61.2 Å². The molecule has 0 radical (unpaired) electrons. The summed E-state index contributed by atoms with van der Waals surface area (Å²) in [6.07, 6.45) is 2.14. The molecule has 0 fully saturated rings. The van der Waals surface area contributed by atoms with Crippen LogP contribution in [0.3, 0.4) is 0 Å². The molecule has 0 amide bonds. The largest absolute Gasteiger partial charge is 0.273 e. The number of nitro groups is 1. The van der Waals surface area contributed by atoms with Crippen LogP contribution in [-0.4, -0.2) is 26.0 Å². The third-order valence-corrected chi connectivity index (χ3v) is 5.11. The van der Waals surface area contributed by atoms with E-state index in [0.29, 0.717) is 27.5 Å². The molecule has 1 heterocycles. The van der Waals surface area contributed by atoms with Crippen molar-refractivity contribution >= 4 is 35.9 Å². The van der Waals surface area contributed by atoms with Crippen molar-refractivity contribution in [1.82, 2.24) is 14.9 Å². The lowest BCUT2D eigenvalue weighted by molar-refractivity contribution is -0.385. The molecule has 0 atom stereocenters. The van der Waals surface area contributed by atoms with E-state index in [0.717, 1.165) is 11.3 Å². The normalized spacial score (nSPS) is 11.1. The second kappa shape index (κ2) is 8.74. The molecular formula is C18H17N5O2S2. The molecule has 27 heavy (non-hydrogen) atoms. The Hall–Kier alpha value is -2.78. The molecule has 2 aromatic carbocycles. The highest BCUT2D eigenvalue weighted by atomic mass is 32.2. The molecule has 0 saturated carbocycles. The Bertz CT molecular complexity index is 1030. The zero-order chi connectivity index (χ0) is 19.2. The van der Waals surface area contributed by atoms with Gasteiger partial charge in [0, 0.05) is 22.9 Å². The number of hydrogen-bond acceptors (Lipinski definition) is 6. The van der Waals surface area contributed by atoms with Crippen LogP contribution in [0.15, 0.2) is 58.8 Å². The van der Waals surface area contributed by atoms with Crippen LogP contribution in [-0.2, 0) is 12.2 Å². The lowest BCUT2D eigenvalue weighted by Crippen LogP contribution is -1.97. The van der Waals surface area contributed by atoms with Gasteiger partial charge in [0.05, 0.1) is 11.1 Å². The van der Waals surface area contributed by atoms with Crippen molar-refractivity contribution in [3.8, 4) is 0 Å². The summed E-state index contributed by atoms with van der Waals surface area (Å²) in [6.45, 7) is 1.89. The van der Waals surface area contributed by atoms with Crippen LogP contribution in [0.4, 0.5) is 5.69 Å². The maximum atomic E-state index is 11.2. The molecule has 0 unspecified atom stereocenters. The van der Waals surface area contributed by atoms with Crippen molar-refractivity contribution in [2.75, 3.05) is 0 Å². The molecule has 0 bridgehead atoms. The molecule has 0 aliphatic heterocycles. The Morgan fingerprint density at radius 1 is 1.33 bits per heavy atom. The Morgan fingerprint density at radius 3 is 2.81 bits per heavy atom. The summed E-state index contributed by atoms with van der Waals surface area (Å²) in [5.41, 5.74) is 2.57. The summed E-state index contributed by atoms with van der Waals surface area (Å²) in [4.78, 5) is 10.8. The van der Waals surface area contributed by atoms with E-state index in [2.05, 4.69) is 15.3 Å². The van der Waals surface area contributed by atoms with Gasteiger partial charge in [-0.15, -0.1) is 5.10 Å². The van der Waals surface area contributed by atoms with Gasteiger partial charge in [-0.2, -0.15) is 9.78 Å². The Labute approximate surface area is 165 Å². The maximum absolute atomic E-state index is 11.2. The average molecular weight is 400 g/mol. The highest BCUT2D eigenvalue weighted by molar-refractivity contribution is 7.98. The molecule has 7 nitrogen and oxygen atoms in total. The van der Waals surface area contributed by atoms with Gasteiger partial charge in [0.2, 0.25) is 9.93 Å². The first-order valence-corrected chi connectivity index (χ1v) is 9.63. The monoisotopic (exact) mass is 399 g/mol. The predicted molar refractivity (Wildman–Crippen MR) is 109 cm³/mol. The van der Waals surface area contributed by atoms with Crippen molar-refractivity contribution in [3.05, 3.63) is 80.1 Å². The predicted octanol–water partition coefficient (Wildman–Crippen LogP) is 4.59. The molecule has 0 aliphatic rings. The molecule has 1 aromatic heterocycles. The van der Waals surface area contributed by atoms with Crippen LogP contribution < -0.4 is 0 Å². The third kappa shape index (κ3) is 4.69. The second-order valence-corrected chi connectivity index (χ2v) is 6.97. The highest BCUT2D eigenvalue weighted by Crippen LogP contribution is 2.22. The van der Waals surface area contributed by atoms with Gasteiger partial charge in [-0.25, -0.2) is 5.10 Å². The fourth-order valence-corrected chi connectivity index (χ4v) is 3.55. The second-order valence-electron chi connectivity index (χ2n) is 5.64. The Morgan fingerprint density at radius 2 is 2.11 bits per heavy atom. The van der Waals surface area contributed by atoms with Gasteiger partial charge in [0.25, 0.3) is 5.69 Å². The number of thioether (sulfide) groups is 1. The van der Waals surface area contributed by atoms with Crippen molar-refractivity contribution < 1.29 is 4.92 Å². The summed E-state index contributed by atoms with van der Waals surface area (Å²) in [5, 5.41) is 23.1. The average Bonchev–Trinajstić information content (AvgIpc) is 3.04. The quantitative estimate of drug-likeness (QED) is 0.206. The number of rotatable bonds is 7. The van der Waals surface area contributed by atoms with Gasteiger partial charge in [-0.3, -0.25) is 10.1 Å². The number of aryl methyl sites for hydroxylation is 1. The number of nitrogens with zero attached hydrogens (tertiary/aromatic N) is 4. The molecule has 0 saturated heterocycles. The molecule has 138 valence electrons. The molecule has 0 spiro atoms. The van der Waals surface area contributed by atoms with Gasteiger partial charge < -0.3 is 0 Å². The van der Waals surface area contributed by atoms with E-state index < -0.39 is 0 Å². The van der Waals surface area contributed by atoms with Crippen LogP contribution in [0.2, 0.25) is 0 Å². The van der Waals surface area contributed by atoms with Crippen LogP contribution in [0.1, 0.15) is 23.6 Å². The molecule has 3 rings (SSSR count). The van der Waals surface area contributed by atoms with Gasteiger partial charge in [0.15, 0.2) is 0 Å². The van der Waals surface area contributed by atoms with E-state index in [-0.39, 0.29) is 10.6 Å². The summed E-state index contributed by atoms with van der Waals surface area (Å²) < 4.78 is 1.88. The van der Waals surface area contributed by atoms with Crippen LogP contribution in [0, 0.1) is 14.9 Å². The van der Waals surface area contributed by atoms with Crippen LogP contribution in [0.25, 0.3) is 0 Å². The van der Waals surface area contributed by atoms with Crippen molar-refractivity contribution in [1.29, 1.82) is 0 Å². The molecule has 1 N–H and O–H groups in total. The third-order valence-electron chi connectivity index (χ3n) is 3.84. The SMILES string of the molecule is CCc1ccc(/C=N\n2c(SCc3ccccc3)n[nH]c2=S)cc1[N+](=O)[O-]. The smallest absolute Gasteiger partial charge is 0.258 e. The highest BCUT2D eigenvalue weighted by Gasteiger charge is 2.12. The molecule has 3 aromatic rings. The molecule has 9 heteroatoms. The Kier molecular flexibility index (Phi) is 6.15. The van der Waals surface area contributed by atoms with E-state index in [9.17, 15) is 10.1 Å². The number of nitrogens with one attached hydrogen (secondary N) is 1. The van der Waals surface area contributed by atoms with Gasteiger partial charge in [0.1, 0.15) is 0 Å². The van der Waals surface area contributed by atoms with E-state index in [1.807, 2.05) is 37.3 Å². The zero-order valence-corrected chi connectivity index (χ0v) is 16.2. The molecular weight excluding hydrogens is 382 g/mol. The lowest BCUT2D eigenvalue weighted by Gasteiger charge is -2.02. The van der Waals surface area contributed by atoms with Crippen LogP contribution in [0.5, 0.6) is 0 Å². The topological polar surface area (TPSA) is 89.1 Å². The minimum absolute atomic E-state index is 0.0934. The van der Waals surface area contributed by atoms with Crippen molar-refractivity contribution in [2.45, 2.75) is 24.3 Å². The first kappa shape index (κ1) is 19.0. The van der Waals surface area contributed by atoms with E-state index in [4.69, 9.17) is 12.2 Å².